The third-order valence-electron chi connectivity index (χ3n) is 5.18. The summed E-state index contributed by atoms with van der Waals surface area (Å²) < 4.78 is 26.5. The molecule has 1 aromatic heterocycles. The zero-order valence-corrected chi connectivity index (χ0v) is 16.8. The Morgan fingerprint density at radius 1 is 1.03 bits per heavy atom. The standard InChI is InChI=1S/C23H22F2N2OS/c24-19-6-4-18(5-7-19)22-21(29-23(28)26-22)10-13-27-11-8-16(9-12-27)14-17-2-1-3-20(25)15-17/h1-7,14-15H,8-13H2,(H,26,28). The monoisotopic (exact) mass is 412 g/mol. The van der Waals surface area contributed by atoms with E-state index < -0.39 is 0 Å². The lowest BCUT2D eigenvalue weighted by Crippen LogP contribution is -2.32. The first kappa shape index (κ1) is 19.7. The summed E-state index contributed by atoms with van der Waals surface area (Å²) in [6.07, 6.45) is 4.81. The lowest BCUT2D eigenvalue weighted by molar-refractivity contribution is 0.261. The zero-order chi connectivity index (χ0) is 20.2. The number of nitrogens with zero attached hydrogens (tertiary/aromatic N) is 2. The molecule has 1 aliphatic heterocycles. The van der Waals surface area contributed by atoms with Crippen molar-refractivity contribution in [3.05, 3.63) is 76.2 Å². The fourth-order valence-corrected chi connectivity index (χ4v) is 4.45. The molecule has 29 heavy (non-hydrogen) atoms. The van der Waals surface area contributed by atoms with Crippen LogP contribution in [0.3, 0.4) is 0 Å². The van der Waals surface area contributed by atoms with E-state index in [0.29, 0.717) is 0 Å². The van der Waals surface area contributed by atoms with Crippen molar-refractivity contribution in [1.82, 2.24) is 9.88 Å². The number of aromatic nitrogens is 1. The van der Waals surface area contributed by atoms with Gasteiger partial charge >= 0.3 is 0 Å². The third-order valence-corrected chi connectivity index (χ3v) is 6.09. The second-order valence-electron chi connectivity index (χ2n) is 7.22. The largest absolute Gasteiger partial charge is 0.486 e. The summed E-state index contributed by atoms with van der Waals surface area (Å²) in [5.41, 5.74) is 3.81. The van der Waals surface area contributed by atoms with Crippen LogP contribution in [0.2, 0.25) is 0 Å². The highest BCUT2D eigenvalue weighted by Crippen LogP contribution is 2.32. The first-order chi connectivity index (χ1) is 14.1. The number of hydrogen-bond acceptors (Lipinski definition) is 4. The highest BCUT2D eigenvalue weighted by molar-refractivity contribution is 7.13. The van der Waals surface area contributed by atoms with Crippen LogP contribution in [0.1, 0.15) is 23.3 Å². The fraction of sp³-hybridized carbons (Fsp3) is 0.261. The summed E-state index contributed by atoms with van der Waals surface area (Å²) in [7, 11) is 0. The zero-order valence-electron chi connectivity index (χ0n) is 15.9. The van der Waals surface area contributed by atoms with Gasteiger partial charge in [0.05, 0.1) is 5.69 Å². The molecule has 3 aromatic rings. The van der Waals surface area contributed by atoms with Gasteiger partial charge in [-0.05, 0) is 61.2 Å². The molecule has 1 saturated heterocycles. The second-order valence-corrected chi connectivity index (χ2v) is 8.29. The van der Waals surface area contributed by atoms with Crippen molar-refractivity contribution < 1.29 is 13.9 Å². The molecular weight excluding hydrogens is 390 g/mol. The molecule has 0 amide bonds. The first-order valence-electron chi connectivity index (χ1n) is 9.69. The van der Waals surface area contributed by atoms with Crippen molar-refractivity contribution in [1.29, 1.82) is 0 Å². The smallest absolute Gasteiger partial charge is 0.271 e. The van der Waals surface area contributed by atoms with Crippen molar-refractivity contribution in [2.24, 2.45) is 0 Å². The Morgan fingerprint density at radius 2 is 1.79 bits per heavy atom. The molecule has 0 bridgehead atoms. The van der Waals surface area contributed by atoms with E-state index in [1.54, 1.807) is 24.3 Å². The Hall–Kier alpha value is -2.57. The van der Waals surface area contributed by atoms with Crippen LogP contribution in [0.15, 0.2) is 54.1 Å². The summed E-state index contributed by atoms with van der Waals surface area (Å²) in [4.78, 5) is 7.64. The van der Waals surface area contributed by atoms with Crippen LogP contribution < -0.4 is 0 Å². The topological polar surface area (TPSA) is 36.4 Å². The molecule has 1 fully saturated rings. The van der Waals surface area contributed by atoms with Crippen LogP contribution in [0.4, 0.5) is 8.78 Å². The van der Waals surface area contributed by atoms with Gasteiger partial charge in [0, 0.05) is 30.1 Å². The Bertz CT molecular complexity index is 1000. The molecule has 2 heterocycles. The number of hydrogen-bond donors (Lipinski definition) is 1. The number of halogens is 2. The van der Waals surface area contributed by atoms with E-state index in [0.717, 1.165) is 60.6 Å². The number of likely N-dealkylation sites (tertiary alicyclic amines) is 1. The fourth-order valence-electron chi connectivity index (χ4n) is 3.64. The molecule has 1 aliphatic rings. The number of rotatable bonds is 5. The number of benzene rings is 2. The predicted molar refractivity (Wildman–Crippen MR) is 113 cm³/mol. The lowest BCUT2D eigenvalue weighted by atomic mass is 10.0. The van der Waals surface area contributed by atoms with Crippen LogP contribution >= 0.6 is 11.3 Å². The number of piperidine rings is 1. The molecule has 6 heteroatoms. The normalized spacial score (nSPS) is 14.9. The van der Waals surface area contributed by atoms with Gasteiger partial charge < -0.3 is 10.0 Å². The SMILES string of the molecule is Oc1nc(-c2ccc(F)cc2)c(CCN2CCC(=Cc3cccc(F)c3)CC2)s1. The minimum absolute atomic E-state index is 0.0401. The molecule has 150 valence electrons. The van der Waals surface area contributed by atoms with E-state index in [9.17, 15) is 13.9 Å². The molecule has 0 saturated carbocycles. The number of thiazole rings is 1. The van der Waals surface area contributed by atoms with Crippen molar-refractivity contribution in [2.45, 2.75) is 19.3 Å². The van der Waals surface area contributed by atoms with Crippen molar-refractivity contribution >= 4 is 17.4 Å². The Kier molecular flexibility index (Phi) is 6.02. The molecule has 0 atom stereocenters. The summed E-state index contributed by atoms with van der Waals surface area (Å²) in [5, 5.41) is 9.91. The third kappa shape index (κ3) is 5.08. The van der Waals surface area contributed by atoms with E-state index in [4.69, 9.17) is 0 Å². The van der Waals surface area contributed by atoms with Gasteiger partial charge in [0.2, 0.25) is 0 Å². The molecule has 1 N–H and O–H groups in total. The molecule has 0 spiro atoms. The minimum atomic E-state index is -0.287. The van der Waals surface area contributed by atoms with Crippen LogP contribution in [0.5, 0.6) is 5.19 Å². The Balaban J connectivity index is 1.36. The molecular formula is C23H22F2N2OS. The number of aromatic hydroxyl groups is 1. The summed E-state index contributed by atoms with van der Waals surface area (Å²) in [5.74, 6) is -0.494. The highest BCUT2D eigenvalue weighted by atomic mass is 32.1. The van der Waals surface area contributed by atoms with Gasteiger partial charge in [0.15, 0.2) is 0 Å². The molecule has 3 nitrogen and oxygen atoms in total. The van der Waals surface area contributed by atoms with E-state index in [1.165, 1.54) is 35.1 Å². The maximum Gasteiger partial charge on any atom is 0.271 e. The Morgan fingerprint density at radius 3 is 2.52 bits per heavy atom. The van der Waals surface area contributed by atoms with Gasteiger partial charge in [0.25, 0.3) is 5.19 Å². The first-order valence-corrected chi connectivity index (χ1v) is 10.5. The van der Waals surface area contributed by atoms with Gasteiger partial charge in [0.1, 0.15) is 11.6 Å². The van der Waals surface area contributed by atoms with Crippen LogP contribution in [0, 0.1) is 11.6 Å². The molecule has 0 aliphatic carbocycles. The van der Waals surface area contributed by atoms with Gasteiger partial charge in [-0.1, -0.05) is 35.1 Å². The molecule has 0 radical (unpaired) electrons. The summed E-state index contributed by atoms with van der Waals surface area (Å²) >= 11 is 1.28. The van der Waals surface area contributed by atoms with Crippen LogP contribution in [-0.2, 0) is 6.42 Å². The summed E-state index contributed by atoms with van der Waals surface area (Å²) in [6, 6.07) is 12.9. The maximum atomic E-state index is 13.3. The van der Waals surface area contributed by atoms with Crippen LogP contribution in [-0.4, -0.2) is 34.6 Å². The van der Waals surface area contributed by atoms with E-state index in [2.05, 4.69) is 16.0 Å². The molecule has 2 aromatic carbocycles. The van der Waals surface area contributed by atoms with E-state index in [1.807, 2.05) is 6.07 Å². The average molecular weight is 413 g/mol. The van der Waals surface area contributed by atoms with Gasteiger partial charge in [-0.15, -0.1) is 0 Å². The second kappa shape index (κ2) is 8.84. The summed E-state index contributed by atoms with van der Waals surface area (Å²) in [6.45, 7) is 2.79. The van der Waals surface area contributed by atoms with E-state index >= 15 is 0 Å². The van der Waals surface area contributed by atoms with Crippen molar-refractivity contribution in [3.8, 4) is 16.5 Å². The molecule has 0 unspecified atom stereocenters. The van der Waals surface area contributed by atoms with E-state index in [-0.39, 0.29) is 16.8 Å². The minimum Gasteiger partial charge on any atom is -0.486 e. The Labute approximate surface area is 173 Å². The van der Waals surface area contributed by atoms with Gasteiger partial charge in [-0.25, -0.2) is 13.8 Å². The molecule has 4 rings (SSSR count). The highest BCUT2D eigenvalue weighted by Gasteiger charge is 2.17. The average Bonchev–Trinajstić information content (AvgIpc) is 3.09. The van der Waals surface area contributed by atoms with Crippen LogP contribution in [0.25, 0.3) is 17.3 Å². The van der Waals surface area contributed by atoms with Crippen molar-refractivity contribution in [2.75, 3.05) is 19.6 Å². The predicted octanol–water partition coefficient (Wildman–Crippen LogP) is 5.52. The van der Waals surface area contributed by atoms with Crippen molar-refractivity contribution in [3.63, 3.8) is 0 Å². The van der Waals surface area contributed by atoms with Gasteiger partial charge in [-0.3, -0.25) is 0 Å². The quantitative estimate of drug-likeness (QED) is 0.600. The maximum absolute atomic E-state index is 13.3. The lowest BCUT2D eigenvalue weighted by Gasteiger charge is -2.28. The van der Waals surface area contributed by atoms with Gasteiger partial charge in [-0.2, -0.15) is 0 Å².